The van der Waals surface area contributed by atoms with Crippen molar-refractivity contribution < 1.29 is 57.4 Å². The molecule has 10 atom stereocenters. The second kappa shape index (κ2) is 19.2. The van der Waals surface area contributed by atoms with Crippen LogP contribution in [0.4, 0.5) is 0 Å². The standard InChI is InChI=1S/C40H48O12/c1-25(41)20-21-32(43)51-38-35(47-24-31-18-12-7-13-19-31)33(45-22-29-14-8-5-9-15-29)27(3)49-40(38)52-36-34(46-23-30-16-10-6-11-17-30)26(2)48-39(44)37(36)50-28(4)42/h5-19,26-27,33-40,44H,20-24H2,1-4H3/t26?,27?,33-,34-,35?,36?,37+,38-,39+,40-/m0/s1. The summed E-state index contributed by atoms with van der Waals surface area (Å²) in [5.74, 6) is -1.52. The van der Waals surface area contributed by atoms with Crippen LogP contribution in [0.15, 0.2) is 91.0 Å². The molecule has 2 aliphatic heterocycles. The lowest BCUT2D eigenvalue weighted by Gasteiger charge is -2.48. The van der Waals surface area contributed by atoms with Crippen molar-refractivity contribution in [1.82, 2.24) is 0 Å². The quantitative estimate of drug-likeness (QED) is 0.203. The fraction of sp³-hybridized carbons (Fsp3) is 0.475. The number of carbonyl (C=O) groups is 3. The van der Waals surface area contributed by atoms with Gasteiger partial charge in [-0.15, -0.1) is 0 Å². The summed E-state index contributed by atoms with van der Waals surface area (Å²) in [7, 11) is 0. The van der Waals surface area contributed by atoms with E-state index in [4.69, 9.17) is 37.9 Å². The van der Waals surface area contributed by atoms with Gasteiger partial charge in [-0.1, -0.05) is 91.0 Å². The molecule has 1 N–H and O–H groups in total. The average molecular weight is 721 g/mol. The highest BCUT2D eigenvalue weighted by Crippen LogP contribution is 2.35. The number of hydrogen-bond acceptors (Lipinski definition) is 12. The zero-order valence-electron chi connectivity index (χ0n) is 29.9. The third-order valence-corrected chi connectivity index (χ3v) is 8.87. The summed E-state index contributed by atoms with van der Waals surface area (Å²) in [6.45, 7) is 6.63. The second-order valence-electron chi connectivity index (χ2n) is 13.1. The van der Waals surface area contributed by atoms with E-state index in [1.54, 1.807) is 13.8 Å². The maximum atomic E-state index is 13.3. The van der Waals surface area contributed by atoms with E-state index < -0.39 is 73.4 Å². The molecule has 0 spiro atoms. The second-order valence-corrected chi connectivity index (χ2v) is 13.1. The molecule has 2 fully saturated rings. The van der Waals surface area contributed by atoms with Gasteiger partial charge in [-0.05, 0) is 37.5 Å². The molecule has 12 nitrogen and oxygen atoms in total. The van der Waals surface area contributed by atoms with Crippen molar-refractivity contribution in [2.75, 3.05) is 0 Å². The molecule has 0 saturated carbocycles. The van der Waals surface area contributed by atoms with Gasteiger partial charge in [0.05, 0.1) is 38.4 Å². The molecule has 52 heavy (non-hydrogen) atoms. The van der Waals surface area contributed by atoms with Gasteiger partial charge in [-0.2, -0.15) is 0 Å². The maximum absolute atomic E-state index is 13.3. The predicted octanol–water partition coefficient (Wildman–Crippen LogP) is 4.82. The number of rotatable bonds is 16. The zero-order valence-corrected chi connectivity index (χ0v) is 29.9. The summed E-state index contributed by atoms with van der Waals surface area (Å²) >= 11 is 0. The molecule has 5 rings (SSSR count). The van der Waals surface area contributed by atoms with Crippen LogP contribution in [0.2, 0.25) is 0 Å². The number of aliphatic hydroxyl groups excluding tert-OH is 1. The Kier molecular flexibility index (Phi) is 14.5. The molecule has 3 aromatic carbocycles. The highest BCUT2D eigenvalue weighted by molar-refractivity contribution is 5.81. The van der Waals surface area contributed by atoms with E-state index in [0.717, 1.165) is 16.7 Å². The zero-order chi connectivity index (χ0) is 37.0. The summed E-state index contributed by atoms with van der Waals surface area (Å²) < 4.78 is 49.8. The van der Waals surface area contributed by atoms with Gasteiger partial charge in [0.1, 0.15) is 30.2 Å². The Morgan fingerprint density at radius 1 is 0.577 bits per heavy atom. The molecule has 0 aromatic heterocycles. The molecule has 0 radical (unpaired) electrons. The van der Waals surface area contributed by atoms with Crippen molar-refractivity contribution in [3.63, 3.8) is 0 Å². The summed E-state index contributed by atoms with van der Waals surface area (Å²) in [5.41, 5.74) is 2.65. The molecule has 3 aromatic rings. The van der Waals surface area contributed by atoms with E-state index in [9.17, 15) is 19.5 Å². The van der Waals surface area contributed by atoms with Crippen LogP contribution < -0.4 is 0 Å². The van der Waals surface area contributed by atoms with Crippen molar-refractivity contribution in [3.05, 3.63) is 108 Å². The van der Waals surface area contributed by atoms with Crippen LogP contribution in [0.25, 0.3) is 0 Å². The van der Waals surface area contributed by atoms with E-state index >= 15 is 0 Å². The Hall–Kier alpha value is -4.01. The summed E-state index contributed by atoms with van der Waals surface area (Å²) in [5, 5.41) is 11.0. The van der Waals surface area contributed by atoms with Crippen molar-refractivity contribution in [2.45, 2.75) is 122 Å². The van der Waals surface area contributed by atoms with E-state index in [1.807, 2.05) is 91.0 Å². The SMILES string of the molecule is CC(=O)CCC(=O)O[C@H]1C(OCc2ccccc2)[C@@H](OCc2ccccc2)C(C)O[C@H]1OC1[C@@H](OCc2ccccc2)C(C)O[C@@H](O)[C@@H]1OC(C)=O. The van der Waals surface area contributed by atoms with E-state index in [0.29, 0.717) is 0 Å². The normalized spacial score (nSPS) is 28.9. The van der Waals surface area contributed by atoms with Crippen molar-refractivity contribution in [1.29, 1.82) is 0 Å². The molecule has 0 amide bonds. The van der Waals surface area contributed by atoms with Gasteiger partial charge in [-0.25, -0.2) is 0 Å². The Morgan fingerprint density at radius 2 is 1.04 bits per heavy atom. The smallest absolute Gasteiger partial charge is 0.306 e. The number of esters is 2. The highest BCUT2D eigenvalue weighted by atomic mass is 16.7. The molecule has 0 aliphatic carbocycles. The van der Waals surface area contributed by atoms with Crippen LogP contribution in [-0.2, 0) is 72.1 Å². The Labute approximate surface area is 304 Å². The van der Waals surface area contributed by atoms with E-state index in [2.05, 4.69) is 0 Å². The first-order valence-corrected chi connectivity index (χ1v) is 17.6. The molecular formula is C40H48O12. The average Bonchev–Trinajstić information content (AvgIpc) is 3.13. The van der Waals surface area contributed by atoms with Gasteiger partial charge >= 0.3 is 11.9 Å². The number of hydrogen-bond donors (Lipinski definition) is 1. The summed E-state index contributed by atoms with van der Waals surface area (Å²) in [4.78, 5) is 37.4. The molecule has 2 heterocycles. The summed E-state index contributed by atoms with van der Waals surface area (Å²) in [6, 6.07) is 28.5. The van der Waals surface area contributed by atoms with Crippen LogP contribution in [0, 0.1) is 0 Å². The maximum Gasteiger partial charge on any atom is 0.306 e. The molecule has 4 unspecified atom stereocenters. The summed E-state index contributed by atoms with van der Waals surface area (Å²) in [6.07, 6.45) is -10.8. The van der Waals surface area contributed by atoms with Gasteiger partial charge in [0.15, 0.2) is 24.8 Å². The van der Waals surface area contributed by atoms with Crippen LogP contribution in [-0.4, -0.2) is 84.2 Å². The van der Waals surface area contributed by atoms with Crippen LogP contribution in [0.1, 0.15) is 57.2 Å². The fourth-order valence-corrected chi connectivity index (χ4v) is 6.26. The number of Topliss-reactive ketones (excluding diaryl/α,β-unsaturated/α-hetero) is 1. The molecule has 12 heteroatoms. The van der Waals surface area contributed by atoms with Gasteiger partial charge in [0.25, 0.3) is 0 Å². The molecule has 0 bridgehead atoms. The van der Waals surface area contributed by atoms with Crippen molar-refractivity contribution in [2.24, 2.45) is 0 Å². The molecule has 2 aliphatic rings. The lowest BCUT2D eigenvalue weighted by molar-refractivity contribution is -0.360. The lowest BCUT2D eigenvalue weighted by atomic mass is 9.96. The minimum absolute atomic E-state index is 0.0224. The predicted molar refractivity (Wildman–Crippen MR) is 186 cm³/mol. The van der Waals surface area contributed by atoms with Gasteiger partial charge in [0.2, 0.25) is 0 Å². The number of aliphatic hydroxyl groups is 1. The minimum Gasteiger partial charge on any atom is -0.454 e. The van der Waals surface area contributed by atoms with Crippen LogP contribution >= 0.6 is 0 Å². The monoisotopic (exact) mass is 720 g/mol. The van der Waals surface area contributed by atoms with E-state index in [1.165, 1.54) is 13.8 Å². The molecule has 280 valence electrons. The number of carbonyl (C=O) groups excluding carboxylic acids is 3. The number of ether oxygens (including phenoxy) is 8. The largest absolute Gasteiger partial charge is 0.454 e. The van der Waals surface area contributed by atoms with Crippen molar-refractivity contribution in [3.8, 4) is 0 Å². The van der Waals surface area contributed by atoms with Gasteiger partial charge in [-0.3, -0.25) is 9.59 Å². The molecular weight excluding hydrogens is 672 g/mol. The Morgan fingerprint density at radius 3 is 1.52 bits per heavy atom. The van der Waals surface area contributed by atoms with Crippen LogP contribution in [0.3, 0.4) is 0 Å². The first-order chi connectivity index (χ1) is 25.1. The van der Waals surface area contributed by atoms with Gasteiger partial charge in [0, 0.05) is 13.3 Å². The topological polar surface area (TPSA) is 145 Å². The van der Waals surface area contributed by atoms with Gasteiger partial charge < -0.3 is 47.8 Å². The van der Waals surface area contributed by atoms with E-state index in [-0.39, 0.29) is 38.4 Å². The highest BCUT2D eigenvalue weighted by Gasteiger charge is 2.54. The number of ketones is 1. The first kappa shape index (κ1) is 39.2. The Balaban J connectivity index is 1.49. The Bertz CT molecular complexity index is 1550. The number of benzene rings is 3. The lowest BCUT2D eigenvalue weighted by Crippen LogP contribution is -2.65. The third kappa shape index (κ3) is 11.0. The fourth-order valence-electron chi connectivity index (χ4n) is 6.26. The molecule has 2 saturated heterocycles. The third-order valence-electron chi connectivity index (χ3n) is 8.87. The minimum atomic E-state index is -1.56. The van der Waals surface area contributed by atoms with Crippen molar-refractivity contribution >= 4 is 17.7 Å². The van der Waals surface area contributed by atoms with Crippen LogP contribution in [0.5, 0.6) is 0 Å². The first-order valence-electron chi connectivity index (χ1n) is 17.6.